The minimum absolute atomic E-state index is 0.0646. The highest BCUT2D eigenvalue weighted by atomic mass is 35.5. The van der Waals surface area contributed by atoms with E-state index in [1.165, 1.54) is 4.90 Å². The molecule has 6 nitrogen and oxygen atoms in total. The molecule has 1 aromatic heterocycles. The summed E-state index contributed by atoms with van der Waals surface area (Å²) in [6.07, 6.45) is 2.50. The first-order valence-corrected chi connectivity index (χ1v) is 7.31. The van der Waals surface area contributed by atoms with Gasteiger partial charge in [-0.05, 0) is 30.2 Å². The van der Waals surface area contributed by atoms with E-state index in [2.05, 4.69) is 10.3 Å². The predicted octanol–water partition coefficient (Wildman–Crippen LogP) is 2.48. The van der Waals surface area contributed by atoms with E-state index < -0.39 is 5.97 Å². The fraction of sp³-hybridized carbons (Fsp3) is 0.333. The van der Waals surface area contributed by atoms with E-state index in [1.807, 2.05) is 24.4 Å². The van der Waals surface area contributed by atoms with E-state index in [0.29, 0.717) is 18.0 Å². The van der Waals surface area contributed by atoms with Crippen molar-refractivity contribution in [2.45, 2.75) is 12.8 Å². The Hall–Kier alpha value is -2.21. The topological polar surface area (TPSA) is 85.4 Å². The lowest BCUT2D eigenvalue weighted by Gasteiger charge is -2.16. The van der Waals surface area contributed by atoms with Crippen LogP contribution in [0.25, 0.3) is 10.9 Å². The Bertz CT molecular complexity index is 684. The third-order valence-corrected chi connectivity index (χ3v) is 3.64. The third kappa shape index (κ3) is 4.14. The van der Waals surface area contributed by atoms with Crippen LogP contribution >= 0.6 is 11.6 Å². The number of hydrogen-bond donors (Lipinski definition) is 3. The first-order valence-electron chi connectivity index (χ1n) is 6.93. The number of H-pyrrole nitrogens is 1. The molecule has 0 saturated carbocycles. The minimum Gasteiger partial charge on any atom is -0.481 e. The lowest BCUT2D eigenvalue weighted by atomic mass is 10.1. The van der Waals surface area contributed by atoms with E-state index in [-0.39, 0.29) is 19.0 Å². The first-order chi connectivity index (χ1) is 10.5. The number of benzene rings is 1. The van der Waals surface area contributed by atoms with Gasteiger partial charge in [0.25, 0.3) is 0 Å². The van der Waals surface area contributed by atoms with Crippen LogP contribution in [0.5, 0.6) is 0 Å². The van der Waals surface area contributed by atoms with Crippen LogP contribution in [-0.4, -0.2) is 47.1 Å². The Kier molecular flexibility index (Phi) is 5.27. The second-order valence-electron chi connectivity index (χ2n) is 5.05. The molecule has 0 fully saturated rings. The largest absolute Gasteiger partial charge is 0.481 e. The molecule has 0 aliphatic carbocycles. The summed E-state index contributed by atoms with van der Waals surface area (Å²) in [5, 5.41) is 13.1. The lowest BCUT2D eigenvalue weighted by Crippen LogP contribution is -2.39. The summed E-state index contributed by atoms with van der Waals surface area (Å²) >= 11 is 6.00. The number of rotatable bonds is 6. The Morgan fingerprint density at radius 3 is 2.91 bits per heavy atom. The van der Waals surface area contributed by atoms with Gasteiger partial charge in [-0.2, -0.15) is 0 Å². The fourth-order valence-electron chi connectivity index (χ4n) is 2.16. The molecular formula is C15H18ClN3O3. The van der Waals surface area contributed by atoms with Crippen molar-refractivity contribution >= 4 is 34.5 Å². The van der Waals surface area contributed by atoms with Gasteiger partial charge in [0.2, 0.25) is 0 Å². The molecule has 22 heavy (non-hydrogen) atoms. The Morgan fingerprint density at radius 1 is 1.41 bits per heavy atom. The molecule has 7 heteroatoms. The molecule has 0 bridgehead atoms. The van der Waals surface area contributed by atoms with Crippen molar-refractivity contribution in [3.05, 3.63) is 35.0 Å². The molecule has 0 radical (unpaired) electrons. The number of urea groups is 1. The van der Waals surface area contributed by atoms with Crippen molar-refractivity contribution in [3.63, 3.8) is 0 Å². The monoisotopic (exact) mass is 323 g/mol. The molecule has 0 saturated heterocycles. The van der Waals surface area contributed by atoms with Crippen molar-refractivity contribution in [2.24, 2.45) is 0 Å². The Morgan fingerprint density at radius 2 is 2.18 bits per heavy atom. The number of nitrogens with one attached hydrogen (secondary N) is 2. The van der Waals surface area contributed by atoms with Crippen molar-refractivity contribution in [1.82, 2.24) is 15.2 Å². The number of hydrogen-bond acceptors (Lipinski definition) is 2. The molecule has 0 aliphatic heterocycles. The number of nitrogens with zero attached hydrogens (tertiary/aromatic N) is 1. The summed E-state index contributed by atoms with van der Waals surface area (Å²) in [7, 11) is 1.57. The van der Waals surface area contributed by atoms with Gasteiger partial charge in [-0.15, -0.1) is 0 Å². The van der Waals surface area contributed by atoms with Crippen molar-refractivity contribution in [2.75, 3.05) is 20.1 Å². The summed E-state index contributed by atoms with van der Waals surface area (Å²) in [6.45, 7) is 0.652. The van der Waals surface area contributed by atoms with Gasteiger partial charge in [-0.3, -0.25) is 4.79 Å². The SMILES string of the molecule is CN(CCC(=O)O)C(=O)NCCc1c[nH]c2ccc(Cl)cc12. The number of aromatic amines is 1. The highest BCUT2D eigenvalue weighted by molar-refractivity contribution is 6.31. The molecule has 2 aromatic rings. The fourth-order valence-corrected chi connectivity index (χ4v) is 2.33. The third-order valence-electron chi connectivity index (χ3n) is 3.41. The van der Waals surface area contributed by atoms with E-state index in [0.717, 1.165) is 16.5 Å². The zero-order valence-corrected chi connectivity index (χ0v) is 13.0. The maximum atomic E-state index is 11.8. The molecule has 0 atom stereocenters. The molecule has 0 spiro atoms. The second-order valence-corrected chi connectivity index (χ2v) is 5.49. The molecule has 3 N–H and O–H groups in total. The molecule has 2 amide bonds. The number of fused-ring (bicyclic) bond motifs is 1. The van der Waals surface area contributed by atoms with Gasteiger partial charge in [-0.25, -0.2) is 4.79 Å². The maximum Gasteiger partial charge on any atom is 0.317 e. The van der Waals surface area contributed by atoms with Crippen LogP contribution < -0.4 is 5.32 Å². The van der Waals surface area contributed by atoms with Gasteiger partial charge >= 0.3 is 12.0 Å². The molecule has 118 valence electrons. The Balaban J connectivity index is 1.86. The van der Waals surface area contributed by atoms with Crippen LogP contribution in [0.1, 0.15) is 12.0 Å². The van der Waals surface area contributed by atoms with Crippen molar-refractivity contribution in [1.29, 1.82) is 0 Å². The summed E-state index contributed by atoms with van der Waals surface area (Å²) in [5.74, 6) is -0.921. The molecule has 2 rings (SSSR count). The average Bonchev–Trinajstić information content (AvgIpc) is 2.87. The number of aliphatic carboxylic acids is 1. The first kappa shape index (κ1) is 16.2. The summed E-state index contributed by atoms with van der Waals surface area (Å²) in [5.41, 5.74) is 2.08. The molecule has 1 heterocycles. The second kappa shape index (κ2) is 7.17. The molecular weight excluding hydrogens is 306 g/mol. The summed E-state index contributed by atoms with van der Waals surface area (Å²) in [4.78, 5) is 26.8. The number of amides is 2. The smallest absolute Gasteiger partial charge is 0.317 e. The van der Waals surface area contributed by atoms with E-state index in [1.54, 1.807) is 7.05 Å². The zero-order valence-electron chi connectivity index (χ0n) is 12.2. The quantitative estimate of drug-likeness (QED) is 0.763. The molecule has 0 aliphatic rings. The number of halogens is 1. The van der Waals surface area contributed by atoms with Crippen LogP contribution in [0.15, 0.2) is 24.4 Å². The number of carbonyl (C=O) groups excluding carboxylic acids is 1. The van der Waals surface area contributed by atoms with Gasteiger partial charge in [0.1, 0.15) is 0 Å². The van der Waals surface area contributed by atoms with Crippen LogP contribution in [0, 0.1) is 0 Å². The highest BCUT2D eigenvalue weighted by Crippen LogP contribution is 2.22. The van der Waals surface area contributed by atoms with E-state index >= 15 is 0 Å². The van der Waals surface area contributed by atoms with Gasteiger partial charge < -0.3 is 20.3 Å². The summed E-state index contributed by atoms with van der Waals surface area (Å²) in [6, 6.07) is 5.35. The molecule has 1 aromatic carbocycles. The number of aromatic nitrogens is 1. The zero-order chi connectivity index (χ0) is 16.1. The van der Waals surface area contributed by atoms with Crippen LogP contribution in [-0.2, 0) is 11.2 Å². The van der Waals surface area contributed by atoms with Crippen molar-refractivity contribution in [3.8, 4) is 0 Å². The number of carboxylic acids is 1. The lowest BCUT2D eigenvalue weighted by molar-refractivity contribution is -0.137. The maximum absolute atomic E-state index is 11.8. The Labute approximate surface area is 133 Å². The normalized spacial score (nSPS) is 10.6. The van der Waals surface area contributed by atoms with Crippen LogP contribution in [0.4, 0.5) is 4.79 Å². The predicted molar refractivity (Wildman–Crippen MR) is 85.3 cm³/mol. The summed E-state index contributed by atoms with van der Waals surface area (Å²) < 4.78 is 0. The van der Waals surface area contributed by atoms with Gasteiger partial charge in [0.05, 0.1) is 6.42 Å². The van der Waals surface area contributed by atoms with Gasteiger partial charge in [0, 0.05) is 42.3 Å². The van der Waals surface area contributed by atoms with Crippen LogP contribution in [0.2, 0.25) is 5.02 Å². The highest BCUT2D eigenvalue weighted by Gasteiger charge is 2.10. The number of carbonyl (C=O) groups is 2. The van der Waals surface area contributed by atoms with E-state index in [9.17, 15) is 9.59 Å². The van der Waals surface area contributed by atoms with Gasteiger partial charge in [-0.1, -0.05) is 11.6 Å². The minimum atomic E-state index is -0.921. The average molecular weight is 324 g/mol. The van der Waals surface area contributed by atoms with Crippen molar-refractivity contribution < 1.29 is 14.7 Å². The van der Waals surface area contributed by atoms with Gasteiger partial charge in [0.15, 0.2) is 0 Å². The number of carboxylic acid groups (broad SMARTS) is 1. The van der Waals surface area contributed by atoms with E-state index in [4.69, 9.17) is 16.7 Å². The standard InChI is InChI=1S/C15H18ClN3O3/c1-19(7-5-14(20)21)15(22)17-6-4-10-9-18-13-3-2-11(16)8-12(10)13/h2-3,8-9,18H,4-7H2,1H3,(H,17,22)(H,20,21). The van der Waals surface area contributed by atoms with Crippen LogP contribution in [0.3, 0.4) is 0 Å². The molecule has 0 unspecified atom stereocenters.